The number of fused-ring (bicyclic) bond motifs is 2. The van der Waals surface area contributed by atoms with Gasteiger partial charge in [0.2, 0.25) is 5.52 Å². The molecule has 0 aliphatic heterocycles. The van der Waals surface area contributed by atoms with Crippen molar-refractivity contribution in [1.82, 2.24) is 4.98 Å². The van der Waals surface area contributed by atoms with E-state index < -0.39 is 0 Å². The number of allylic oxidation sites excluding steroid dienone is 3. The summed E-state index contributed by atoms with van der Waals surface area (Å²) in [7, 11) is 2.19. The summed E-state index contributed by atoms with van der Waals surface area (Å²) in [5.74, 6) is 0.501. The molecule has 2 aromatic heterocycles. The van der Waals surface area contributed by atoms with Gasteiger partial charge in [-0.2, -0.15) is 4.57 Å². The Hall–Kier alpha value is -3.08. The summed E-state index contributed by atoms with van der Waals surface area (Å²) in [6, 6.07) is 24.3. The predicted molar refractivity (Wildman–Crippen MR) is 150 cm³/mol. The molecule has 0 amide bonds. The molecular weight excluding hydrogens is 464 g/mol. The van der Waals surface area contributed by atoms with Crippen LogP contribution >= 0.6 is 22.7 Å². The third-order valence-corrected chi connectivity index (χ3v) is 9.11. The second-order valence-corrected chi connectivity index (χ2v) is 11.9. The quantitative estimate of drug-likeness (QED) is 0.231. The van der Waals surface area contributed by atoms with Gasteiger partial charge < -0.3 is 0 Å². The highest BCUT2D eigenvalue weighted by atomic mass is 32.1. The highest BCUT2D eigenvalue weighted by Crippen LogP contribution is 2.38. The molecule has 174 valence electrons. The maximum absolute atomic E-state index is 4.96. The van der Waals surface area contributed by atoms with E-state index in [4.69, 9.17) is 4.98 Å². The van der Waals surface area contributed by atoms with Crippen LogP contribution in [-0.4, -0.2) is 4.98 Å². The molecule has 0 radical (unpaired) electrons. The van der Waals surface area contributed by atoms with Crippen LogP contribution < -0.4 is 4.57 Å². The first-order chi connectivity index (χ1) is 17.0. The molecule has 0 N–H and O–H groups in total. The lowest BCUT2D eigenvalue weighted by Gasteiger charge is -2.24. The Morgan fingerprint density at radius 3 is 2.51 bits per heavy atom. The molecule has 1 unspecified atom stereocenters. The monoisotopic (exact) mass is 493 g/mol. The standard InChI is InChI=1S/C31H29N2S2/c1-20-9-11-26-28(13-20)34-30(32-26)18-22-15-23(17-25(16-22)24-7-5-4-6-8-24)19-31-33(3)27-12-10-21(2)14-29(27)35-31/h4-15,19,25H,16-18H2,1-3H3/q+1. The van der Waals surface area contributed by atoms with Crippen molar-refractivity contribution in [2.24, 2.45) is 7.05 Å². The molecule has 35 heavy (non-hydrogen) atoms. The molecule has 0 spiro atoms. The minimum absolute atomic E-state index is 0.501. The first kappa shape index (κ1) is 22.4. The normalized spacial score (nSPS) is 17.4. The third kappa shape index (κ3) is 4.61. The van der Waals surface area contributed by atoms with E-state index in [1.807, 2.05) is 22.7 Å². The summed E-state index contributed by atoms with van der Waals surface area (Å²) in [6.45, 7) is 4.32. The smallest absolute Gasteiger partial charge is 0.241 e. The van der Waals surface area contributed by atoms with Crippen molar-refractivity contribution in [2.75, 3.05) is 0 Å². The van der Waals surface area contributed by atoms with Crippen LogP contribution in [0.25, 0.3) is 26.5 Å². The molecular formula is C31H29N2S2+. The number of aromatic nitrogens is 2. The van der Waals surface area contributed by atoms with Gasteiger partial charge >= 0.3 is 0 Å². The Morgan fingerprint density at radius 1 is 0.914 bits per heavy atom. The van der Waals surface area contributed by atoms with Crippen molar-refractivity contribution < 1.29 is 4.57 Å². The average molecular weight is 494 g/mol. The Morgan fingerprint density at radius 2 is 1.69 bits per heavy atom. The van der Waals surface area contributed by atoms with Crippen LogP contribution in [0.4, 0.5) is 0 Å². The molecule has 0 fully saturated rings. The van der Waals surface area contributed by atoms with Crippen molar-refractivity contribution in [3.8, 4) is 0 Å². The molecule has 2 nitrogen and oxygen atoms in total. The Labute approximate surface area is 214 Å². The molecule has 1 aliphatic rings. The lowest BCUT2D eigenvalue weighted by Crippen LogP contribution is -2.29. The van der Waals surface area contributed by atoms with E-state index in [0.29, 0.717) is 5.92 Å². The van der Waals surface area contributed by atoms with Gasteiger partial charge in [0.15, 0.2) is 0 Å². The van der Waals surface area contributed by atoms with Crippen LogP contribution in [0.3, 0.4) is 0 Å². The van der Waals surface area contributed by atoms with Gasteiger partial charge in [0.25, 0.3) is 5.01 Å². The minimum Gasteiger partial charge on any atom is -0.241 e. The number of aryl methyl sites for hydroxylation is 3. The fourth-order valence-corrected chi connectivity index (χ4v) is 7.50. The summed E-state index contributed by atoms with van der Waals surface area (Å²) in [4.78, 5) is 4.96. The van der Waals surface area contributed by atoms with Crippen LogP contribution in [0.15, 0.2) is 84.0 Å². The van der Waals surface area contributed by atoms with Crippen LogP contribution in [0.2, 0.25) is 0 Å². The number of thiazole rings is 2. The third-order valence-electron chi connectivity index (χ3n) is 6.95. The topological polar surface area (TPSA) is 16.8 Å². The number of nitrogens with zero attached hydrogens (tertiary/aromatic N) is 2. The first-order valence-corrected chi connectivity index (χ1v) is 13.9. The van der Waals surface area contributed by atoms with E-state index in [9.17, 15) is 0 Å². The van der Waals surface area contributed by atoms with Crippen molar-refractivity contribution in [3.63, 3.8) is 0 Å². The van der Waals surface area contributed by atoms with Gasteiger partial charge in [-0.1, -0.05) is 65.5 Å². The van der Waals surface area contributed by atoms with Gasteiger partial charge in [-0.05, 0) is 73.1 Å². The zero-order chi connectivity index (χ0) is 23.9. The highest BCUT2D eigenvalue weighted by Gasteiger charge is 2.23. The lowest BCUT2D eigenvalue weighted by atomic mass is 9.80. The summed E-state index contributed by atoms with van der Waals surface area (Å²) in [5, 5.41) is 2.52. The molecule has 5 aromatic rings. The van der Waals surface area contributed by atoms with E-state index in [2.05, 4.69) is 104 Å². The van der Waals surface area contributed by atoms with E-state index in [0.717, 1.165) is 24.8 Å². The second kappa shape index (κ2) is 9.18. The second-order valence-electron chi connectivity index (χ2n) is 9.76. The molecule has 1 aliphatic carbocycles. The van der Waals surface area contributed by atoms with E-state index >= 15 is 0 Å². The van der Waals surface area contributed by atoms with Crippen molar-refractivity contribution >= 4 is 49.2 Å². The molecule has 0 saturated heterocycles. The van der Waals surface area contributed by atoms with Crippen molar-refractivity contribution in [1.29, 1.82) is 0 Å². The SMILES string of the molecule is Cc1ccc2nc(CC3=CC(=Cc4sc5cc(C)ccc5[n+]4C)CC(c4ccccc4)C3)sc2c1. The molecule has 6 rings (SSSR count). The maximum atomic E-state index is 4.96. The van der Waals surface area contributed by atoms with E-state index in [-0.39, 0.29) is 0 Å². The molecule has 2 heterocycles. The van der Waals surface area contributed by atoms with Crippen LogP contribution in [-0.2, 0) is 13.5 Å². The van der Waals surface area contributed by atoms with Crippen molar-refractivity contribution in [2.45, 2.75) is 39.0 Å². The van der Waals surface area contributed by atoms with Gasteiger partial charge in [-0.3, -0.25) is 0 Å². The van der Waals surface area contributed by atoms with E-state index in [1.54, 1.807) is 0 Å². The molecule has 4 heteroatoms. The highest BCUT2D eigenvalue weighted by molar-refractivity contribution is 7.19. The van der Waals surface area contributed by atoms with Gasteiger partial charge in [0.05, 0.1) is 15.2 Å². The first-order valence-electron chi connectivity index (χ1n) is 12.2. The number of hydrogen-bond donors (Lipinski definition) is 0. The molecule has 3 aromatic carbocycles. The molecule has 0 bridgehead atoms. The average Bonchev–Trinajstić information content (AvgIpc) is 3.38. The minimum atomic E-state index is 0.501. The zero-order valence-electron chi connectivity index (χ0n) is 20.4. The van der Waals surface area contributed by atoms with Crippen LogP contribution in [0.5, 0.6) is 0 Å². The largest absolute Gasteiger partial charge is 0.262 e. The van der Waals surface area contributed by atoms with Gasteiger partial charge in [-0.15, -0.1) is 11.3 Å². The summed E-state index contributed by atoms with van der Waals surface area (Å²) < 4.78 is 4.98. The van der Waals surface area contributed by atoms with Crippen molar-refractivity contribution in [3.05, 3.63) is 111 Å². The Bertz CT molecular complexity index is 1600. The summed E-state index contributed by atoms with van der Waals surface area (Å²) >= 11 is 3.73. The van der Waals surface area contributed by atoms with E-state index in [1.165, 1.54) is 52.8 Å². The lowest BCUT2D eigenvalue weighted by molar-refractivity contribution is -0.642. The Kier molecular flexibility index (Phi) is 5.87. The van der Waals surface area contributed by atoms with Crippen LogP contribution in [0, 0.1) is 13.8 Å². The van der Waals surface area contributed by atoms with Gasteiger partial charge in [0, 0.05) is 18.6 Å². The predicted octanol–water partition coefficient (Wildman–Crippen LogP) is 8.08. The van der Waals surface area contributed by atoms with Gasteiger partial charge in [0.1, 0.15) is 11.7 Å². The summed E-state index contributed by atoms with van der Waals surface area (Å²) in [6.07, 6.45) is 7.95. The number of rotatable bonds is 4. The molecule has 1 atom stereocenters. The zero-order valence-corrected chi connectivity index (χ0v) is 22.0. The maximum Gasteiger partial charge on any atom is 0.262 e. The Balaban J connectivity index is 1.38. The number of benzene rings is 3. The summed E-state index contributed by atoms with van der Waals surface area (Å²) in [5.41, 5.74) is 9.36. The fraction of sp³-hybridized carbons (Fsp3) is 0.226. The molecule has 0 saturated carbocycles. The number of hydrogen-bond acceptors (Lipinski definition) is 3. The van der Waals surface area contributed by atoms with Gasteiger partial charge in [-0.25, -0.2) is 4.98 Å². The van der Waals surface area contributed by atoms with Crippen LogP contribution in [0.1, 0.15) is 45.5 Å². The fourth-order valence-electron chi connectivity index (χ4n) is 5.15.